The molecule has 1 aromatic heterocycles. The minimum atomic E-state index is 0.868. The standard InChI is InChI=1S/C19H25BrN2O/c1-23-19-11-4-3-9-17(19)15-22(14-8-2-6-12-20)16-18-10-5-7-13-21-18/h3-5,7,9-11,13H,2,6,8,12,14-16H2,1H3. The molecule has 2 aromatic rings. The number of halogens is 1. The molecule has 3 nitrogen and oxygen atoms in total. The topological polar surface area (TPSA) is 25.4 Å². The predicted molar refractivity (Wildman–Crippen MR) is 99.0 cm³/mol. The molecule has 0 aliphatic carbocycles. The molecule has 2 rings (SSSR count). The first kappa shape index (κ1) is 18.0. The van der Waals surface area contributed by atoms with Gasteiger partial charge in [-0.1, -0.05) is 46.6 Å². The lowest BCUT2D eigenvalue weighted by molar-refractivity contribution is 0.244. The van der Waals surface area contributed by atoms with Gasteiger partial charge in [0.2, 0.25) is 0 Å². The van der Waals surface area contributed by atoms with E-state index in [0.29, 0.717) is 0 Å². The largest absolute Gasteiger partial charge is 0.496 e. The lowest BCUT2D eigenvalue weighted by atomic mass is 10.1. The molecule has 0 saturated heterocycles. The number of nitrogens with zero attached hydrogens (tertiary/aromatic N) is 2. The third-order valence-corrected chi connectivity index (χ3v) is 4.37. The van der Waals surface area contributed by atoms with Crippen molar-refractivity contribution in [2.24, 2.45) is 0 Å². The molecule has 0 N–H and O–H groups in total. The summed E-state index contributed by atoms with van der Waals surface area (Å²) in [5.41, 5.74) is 2.34. The Labute approximate surface area is 147 Å². The van der Waals surface area contributed by atoms with E-state index in [0.717, 1.165) is 36.4 Å². The Morgan fingerprint density at radius 3 is 2.57 bits per heavy atom. The summed E-state index contributed by atoms with van der Waals surface area (Å²) in [6.45, 7) is 2.82. The molecule has 0 fully saturated rings. The number of methoxy groups -OCH3 is 1. The van der Waals surface area contributed by atoms with Gasteiger partial charge < -0.3 is 4.74 Å². The van der Waals surface area contributed by atoms with Crippen LogP contribution in [-0.2, 0) is 13.1 Å². The lowest BCUT2D eigenvalue weighted by Gasteiger charge is -2.23. The van der Waals surface area contributed by atoms with Gasteiger partial charge in [0, 0.05) is 30.2 Å². The first-order valence-electron chi connectivity index (χ1n) is 8.13. The van der Waals surface area contributed by atoms with E-state index >= 15 is 0 Å². The first-order chi connectivity index (χ1) is 11.3. The number of alkyl halides is 1. The highest BCUT2D eigenvalue weighted by Crippen LogP contribution is 2.20. The van der Waals surface area contributed by atoms with Crippen LogP contribution in [-0.4, -0.2) is 28.9 Å². The maximum absolute atomic E-state index is 5.49. The van der Waals surface area contributed by atoms with Crippen LogP contribution in [0.2, 0.25) is 0 Å². The van der Waals surface area contributed by atoms with Gasteiger partial charge in [0.25, 0.3) is 0 Å². The second kappa shape index (κ2) is 10.4. The van der Waals surface area contributed by atoms with Gasteiger partial charge >= 0.3 is 0 Å². The monoisotopic (exact) mass is 376 g/mol. The first-order valence-corrected chi connectivity index (χ1v) is 9.25. The van der Waals surface area contributed by atoms with Crippen molar-refractivity contribution in [3.63, 3.8) is 0 Å². The number of ether oxygens (including phenoxy) is 1. The van der Waals surface area contributed by atoms with Crippen molar-refractivity contribution in [1.82, 2.24) is 9.88 Å². The van der Waals surface area contributed by atoms with E-state index in [1.54, 1.807) is 7.11 Å². The van der Waals surface area contributed by atoms with Gasteiger partial charge in [0.1, 0.15) is 5.75 Å². The van der Waals surface area contributed by atoms with Crippen molar-refractivity contribution in [1.29, 1.82) is 0 Å². The number of hydrogen-bond acceptors (Lipinski definition) is 3. The van der Waals surface area contributed by atoms with Crippen LogP contribution < -0.4 is 4.74 Å². The molecule has 0 aliphatic rings. The molecule has 1 aromatic carbocycles. The van der Waals surface area contributed by atoms with Gasteiger partial charge in [-0.3, -0.25) is 9.88 Å². The minimum absolute atomic E-state index is 0.868. The molecule has 0 spiro atoms. The van der Waals surface area contributed by atoms with E-state index in [-0.39, 0.29) is 0 Å². The molecule has 0 bridgehead atoms. The fourth-order valence-electron chi connectivity index (χ4n) is 2.62. The molecule has 124 valence electrons. The Bertz CT molecular complexity index is 562. The molecule has 0 unspecified atom stereocenters. The summed E-state index contributed by atoms with van der Waals surface area (Å²) in [7, 11) is 1.73. The predicted octanol–water partition coefficient (Wildman–Crippen LogP) is 4.66. The average Bonchev–Trinajstić information content (AvgIpc) is 2.60. The smallest absolute Gasteiger partial charge is 0.123 e. The Kier molecular flexibility index (Phi) is 8.12. The van der Waals surface area contributed by atoms with E-state index in [2.05, 4.69) is 50.1 Å². The number of para-hydroxylation sites is 1. The van der Waals surface area contributed by atoms with Gasteiger partial charge in [0.05, 0.1) is 12.8 Å². The molecular weight excluding hydrogens is 352 g/mol. The van der Waals surface area contributed by atoms with Gasteiger partial charge in [-0.2, -0.15) is 0 Å². The molecule has 0 atom stereocenters. The SMILES string of the molecule is COc1ccccc1CN(CCCCCBr)Cc1ccccn1. The molecule has 23 heavy (non-hydrogen) atoms. The number of pyridine rings is 1. The van der Waals surface area contributed by atoms with Gasteiger partial charge in [0.15, 0.2) is 0 Å². The molecular formula is C19H25BrN2O. The fourth-order valence-corrected chi connectivity index (χ4v) is 3.01. The summed E-state index contributed by atoms with van der Waals surface area (Å²) in [5, 5.41) is 1.08. The Balaban J connectivity index is 2.02. The van der Waals surface area contributed by atoms with Crippen LogP contribution in [0.3, 0.4) is 0 Å². The maximum atomic E-state index is 5.49. The Morgan fingerprint density at radius 1 is 1.00 bits per heavy atom. The number of hydrogen-bond donors (Lipinski definition) is 0. The highest BCUT2D eigenvalue weighted by molar-refractivity contribution is 9.09. The fraction of sp³-hybridized carbons (Fsp3) is 0.421. The van der Waals surface area contributed by atoms with Crippen LogP contribution in [0.5, 0.6) is 5.75 Å². The normalized spacial score (nSPS) is 10.9. The molecule has 4 heteroatoms. The average molecular weight is 377 g/mol. The van der Waals surface area contributed by atoms with Crippen molar-refractivity contribution in [3.05, 3.63) is 59.9 Å². The van der Waals surface area contributed by atoms with E-state index < -0.39 is 0 Å². The van der Waals surface area contributed by atoms with Crippen LogP contribution >= 0.6 is 15.9 Å². The third kappa shape index (κ3) is 6.32. The molecule has 1 heterocycles. The Hall–Kier alpha value is -1.39. The number of rotatable bonds is 10. The second-order valence-corrected chi connectivity index (χ2v) is 6.39. The van der Waals surface area contributed by atoms with E-state index in [1.807, 2.05) is 24.4 Å². The minimum Gasteiger partial charge on any atom is -0.496 e. The van der Waals surface area contributed by atoms with Gasteiger partial charge in [-0.05, 0) is 37.6 Å². The summed E-state index contributed by atoms with van der Waals surface area (Å²) >= 11 is 3.50. The van der Waals surface area contributed by atoms with Crippen molar-refractivity contribution in [3.8, 4) is 5.75 Å². The van der Waals surface area contributed by atoms with Crippen molar-refractivity contribution < 1.29 is 4.74 Å². The van der Waals surface area contributed by atoms with Gasteiger partial charge in [-0.25, -0.2) is 0 Å². The van der Waals surface area contributed by atoms with E-state index in [4.69, 9.17) is 4.74 Å². The zero-order chi connectivity index (χ0) is 16.3. The van der Waals surface area contributed by atoms with Crippen LogP contribution in [0.1, 0.15) is 30.5 Å². The number of benzene rings is 1. The van der Waals surface area contributed by atoms with Crippen LogP contribution in [0.25, 0.3) is 0 Å². The Morgan fingerprint density at radius 2 is 1.83 bits per heavy atom. The summed E-state index contributed by atoms with van der Waals surface area (Å²) < 4.78 is 5.49. The van der Waals surface area contributed by atoms with Crippen molar-refractivity contribution in [2.75, 3.05) is 19.0 Å². The summed E-state index contributed by atoms with van der Waals surface area (Å²) in [4.78, 5) is 6.92. The zero-order valence-electron chi connectivity index (χ0n) is 13.7. The molecule has 0 amide bonds. The van der Waals surface area contributed by atoms with Crippen molar-refractivity contribution >= 4 is 15.9 Å². The van der Waals surface area contributed by atoms with E-state index in [9.17, 15) is 0 Å². The third-order valence-electron chi connectivity index (χ3n) is 3.81. The summed E-state index contributed by atoms with van der Waals surface area (Å²) in [5.74, 6) is 0.957. The maximum Gasteiger partial charge on any atom is 0.123 e. The van der Waals surface area contributed by atoms with E-state index in [1.165, 1.54) is 24.8 Å². The number of unbranched alkanes of at least 4 members (excludes halogenated alkanes) is 2. The summed E-state index contributed by atoms with van der Waals surface area (Å²) in [6.07, 6.45) is 5.54. The lowest BCUT2D eigenvalue weighted by Crippen LogP contribution is -2.24. The number of aromatic nitrogens is 1. The highest BCUT2D eigenvalue weighted by atomic mass is 79.9. The summed E-state index contributed by atoms with van der Waals surface area (Å²) in [6, 6.07) is 14.4. The van der Waals surface area contributed by atoms with Crippen molar-refractivity contribution in [2.45, 2.75) is 32.4 Å². The van der Waals surface area contributed by atoms with Gasteiger partial charge in [-0.15, -0.1) is 0 Å². The van der Waals surface area contributed by atoms with Crippen LogP contribution in [0.15, 0.2) is 48.7 Å². The molecule has 0 radical (unpaired) electrons. The molecule has 0 saturated carbocycles. The highest BCUT2D eigenvalue weighted by Gasteiger charge is 2.10. The second-order valence-electron chi connectivity index (χ2n) is 5.59. The van der Waals surface area contributed by atoms with Crippen LogP contribution in [0.4, 0.5) is 0 Å². The quantitative estimate of drug-likeness (QED) is 0.445. The zero-order valence-corrected chi connectivity index (χ0v) is 15.3. The van der Waals surface area contributed by atoms with Crippen LogP contribution in [0, 0.1) is 0 Å². The molecule has 0 aliphatic heterocycles.